The second kappa shape index (κ2) is 7.45. The Balaban J connectivity index is 0.000000486. The number of hydrogen-bond donors (Lipinski definition) is 0. The topological polar surface area (TPSA) is 0 Å². The van der Waals surface area contributed by atoms with Gasteiger partial charge in [-0.05, 0) is 12.0 Å². The average Bonchev–Trinajstić information content (AvgIpc) is 2.31. The third-order valence-electron chi connectivity index (χ3n) is 1.83. The predicted molar refractivity (Wildman–Crippen MR) is 80.7 cm³/mol. The van der Waals surface area contributed by atoms with E-state index in [-0.39, 0.29) is 0 Å². The monoisotopic (exact) mass is 350 g/mol. The SMILES string of the molecule is CCC[CH+]SC/C=C/c1ccccc1.F[P-](F)(F)(F)(F)F. The summed E-state index contributed by atoms with van der Waals surface area (Å²) < 4.78 is 59.2. The van der Waals surface area contributed by atoms with E-state index in [0.717, 1.165) is 5.75 Å². The number of benzene rings is 1. The molecule has 0 saturated carbocycles. The van der Waals surface area contributed by atoms with Crippen molar-refractivity contribution in [2.45, 2.75) is 19.8 Å². The molecule has 0 amide bonds. The molecule has 8 heteroatoms. The van der Waals surface area contributed by atoms with E-state index < -0.39 is 7.81 Å². The van der Waals surface area contributed by atoms with Crippen LogP contribution in [0.1, 0.15) is 25.3 Å². The van der Waals surface area contributed by atoms with Crippen LogP contribution in [-0.2, 0) is 0 Å². The van der Waals surface area contributed by atoms with Gasteiger partial charge in [-0.3, -0.25) is 0 Å². The van der Waals surface area contributed by atoms with E-state index in [1.165, 1.54) is 18.4 Å². The third kappa shape index (κ3) is 24.6. The molecule has 0 radical (unpaired) electrons. The fraction of sp³-hybridized carbons (Fsp3) is 0.308. The molecule has 0 aliphatic rings. The Bertz CT molecular complexity index is 414. The van der Waals surface area contributed by atoms with Crippen molar-refractivity contribution in [3.05, 3.63) is 47.7 Å². The summed E-state index contributed by atoms with van der Waals surface area (Å²) in [6, 6.07) is 10.4. The van der Waals surface area contributed by atoms with E-state index in [0.29, 0.717) is 0 Å². The van der Waals surface area contributed by atoms with E-state index in [1.54, 1.807) is 0 Å². The summed E-state index contributed by atoms with van der Waals surface area (Å²) >= 11 is 1.89. The van der Waals surface area contributed by atoms with Crippen molar-refractivity contribution >= 4 is 25.6 Å². The number of unbranched alkanes of at least 4 members (excludes halogenated alkanes) is 1. The number of rotatable bonds is 6. The molecule has 0 bridgehead atoms. The van der Waals surface area contributed by atoms with Gasteiger partial charge in [0.15, 0.2) is 0 Å². The maximum absolute atomic E-state index is 10.7. The van der Waals surface area contributed by atoms with Crippen LogP contribution in [0.15, 0.2) is 36.4 Å². The van der Waals surface area contributed by atoms with Crippen molar-refractivity contribution in [3.63, 3.8) is 0 Å². The van der Waals surface area contributed by atoms with Crippen LogP contribution in [-0.4, -0.2) is 5.75 Å². The summed E-state index contributed by atoms with van der Waals surface area (Å²) in [6.45, 7) is 2.21. The molecule has 0 N–H and O–H groups in total. The van der Waals surface area contributed by atoms with Crippen LogP contribution in [0.5, 0.6) is 0 Å². The molecular weight excluding hydrogens is 333 g/mol. The molecule has 0 unspecified atom stereocenters. The molecule has 0 atom stereocenters. The summed E-state index contributed by atoms with van der Waals surface area (Å²) in [4.78, 5) is 0. The average molecular weight is 350 g/mol. The van der Waals surface area contributed by atoms with E-state index >= 15 is 0 Å². The maximum atomic E-state index is 9.87. The van der Waals surface area contributed by atoms with E-state index in [1.807, 2.05) is 17.8 Å². The standard InChI is InChI=1S/C13H17S.F6P/c1-2-3-11-14-12-7-10-13-8-5-4-6-9-13;1-7(2,3,4,5)6/h4-11H,2-3,12H2,1H3;/q+1;-1/b10-7+;. The van der Waals surface area contributed by atoms with Crippen molar-refractivity contribution in [2.24, 2.45) is 0 Å². The third-order valence-corrected chi connectivity index (χ3v) is 2.68. The van der Waals surface area contributed by atoms with Crippen molar-refractivity contribution in [2.75, 3.05) is 5.75 Å². The van der Waals surface area contributed by atoms with Gasteiger partial charge >= 0.3 is 33.0 Å². The molecule has 122 valence electrons. The molecule has 0 saturated heterocycles. The minimum atomic E-state index is -10.7. The molecule has 21 heavy (non-hydrogen) atoms. The molecule has 1 aromatic carbocycles. The summed E-state index contributed by atoms with van der Waals surface area (Å²) in [5.41, 5.74) is 1.28. The quantitative estimate of drug-likeness (QED) is 0.218. The first-order valence-electron chi connectivity index (χ1n) is 6.09. The van der Waals surface area contributed by atoms with Gasteiger partial charge in [0.25, 0.3) is 0 Å². The molecule has 1 aromatic rings. The van der Waals surface area contributed by atoms with Crippen LogP contribution in [0.2, 0.25) is 0 Å². The van der Waals surface area contributed by atoms with E-state index in [4.69, 9.17) is 0 Å². The van der Waals surface area contributed by atoms with Crippen molar-refractivity contribution < 1.29 is 25.2 Å². The van der Waals surface area contributed by atoms with Gasteiger partial charge in [-0.15, -0.1) is 0 Å². The van der Waals surface area contributed by atoms with Crippen LogP contribution >= 0.6 is 19.6 Å². The summed E-state index contributed by atoms with van der Waals surface area (Å²) in [6.07, 6.45) is 6.85. The first kappa shape index (κ1) is 20.2. The summed E-state index contributed by atoms with van der Waals surface area (Å²) in [5.74, 6) is 3.37. The van der Waals surface area contributed by atoms with Gasteiger partial charge in [0.2, 0.25) is 0 Å². The van der Waals surface area contributed by atoms with Crippen LogP contribution in [0.3, 0.4) is 0 Å². The normalized spacial score (nSPS) is 14.8. The van der Waals surface area contributed by atoms with Crippen LogP contribution in [0, 0.1) is 5.75 Å². The molecule has 0 aromatic heterocycles. The van der Waals surface area contributed by atoms with Gasteiger partial charge in [-0.2, -0.15) is 0 Å². The molecule has 0 aliphatic heterocycles. The number of halogens is 6. The fourth-order valence-electron chi connectivity index (χ4n) is 1.07. The van der Waals surface area contributed by atoms with Crippen molar-refractivity contribution in [1.82, 2.24) is 0 Å². The first-order chi connectivity index (χ1) is 9.38. The second-order valence-corrected chi connectivity index (χ2v) is 6.98. The Morgan fingerprint density at radius 3 is 2.05 bits per heavy atom. The van der Waals surface area contributed by atoms with Gasteiger partial charge in [0.05, 0.1) is 23.9 Å². The fourth-order valence-corrected chi connectivity index (χ4v) is 1.82. The molecule has 0 nitrogen and oxygen atoms in total. The molecule has 0 heterocycles. The van der Waals surface area contributed by atoms with E-state index in [2.05, 4.69) is 49.1 Å². The Labute approximate surface area is 124 Å². The van der Waals surface area contributed by atoms with Crippen molar-refractivity contribution in [3.8, 4) is 0 Å². The van der Waals surface area contributed by atoms with Gasteiger partial charge in [0.1, 0.15) is 5.75 Å². The Morgan fingerprint density at radius 2 is 1.57 bits per heavy atom. The van der Waals surface area contributed by atoms with Crippen LogP contribution in [0.25, 0.3) is 6.08 Å². The number of hydrogen-bond acceptors (Lipinski definition) is 1. The predicted octanol–water partition coefficient (Wildman–Crippen LogP) is 7.78. The zero-order valence-electron chi connectivity index (χ0n) is 11.4. The number of thioether (sulfide) groups is 1. The first-order valence-corrected chi connectivity index (χ1v) is 9.17. The molecule has 1 rings (SSSR count). The Kier molecular flexibility index (Phi) is 7.16. The van der Waals surface area contributed by atoms with Crippen LogP contribution < -0.4 is 0 Å². The molecular formula is C13H17F6PS. The van der Waals surface area contributed by atoms with Crippen molar-refractivity contribution in [1.29, 1.82) is 0 Å². The molecule has 0 fully saturated rings. The zero-order valence-corrected chi connectivity index (χ0v) is 13.1. The molecule has 0 spiro atoms. The summed E-state index contributed by atoms with van der Waals surface area (Å²) in [5, 5.41) is 0. The molecule has 0 aliphatic carbocycles. The van der Waals surface area contributed by atoms with E-state index in [9.17, 15) is 25.2 Å². The van der Waals surface area contributed by atoms with Gasteiger partial charge in [0, 0.05) is 0 Å². The van der Waals surface area contributed by atoms with Gasteiger partial charge in [-0.1, -0.05) is 49.4 Å². The van der Waals surface area contributed by atoms with Gasteiger partial charge < -0.3 is 0 Å². The minimum absolute atomic E-state index is 1.08. The Morgan fingerprint density at radius 1 is 1.05 bits per heavy atom. The zero-order chi connectivity index (χ0) is 16.5. The Hall–Kier alpha value is -0.810. The second-order valence-electron chi connectivity index (χ2n) is 4.06. The summed E-state index contributed by atoms with van der Waals surface area (Å²) in [7, 11) is -10.7. The van der Waals surface area contributed by atoms with Gasteiger partial charge in [-0.25, -0.2) is 0 Å². The van der Waals surface area contributed by atoms with Crippen LogP contribution in [0.4, 0.5) is 25.2 Å².